The molecule has 3 atom stereocenters. The molecule has 0 spiro atoms. The van der Waals surface area contributed by atoms with Crippen LogP contribution in [-0.2, 0) is 22.6 Å². The van der Waals surface area contributed by atoms with Crippen LogP contribution in [0.1, 0.15) is 124 Å². The highest BCUT2D eigenvalue weighted by Crippen LogP contribution is 2.36. The molecule has 1 unspecified atom stereocenters. The van der Waals surface area contributed by atoms with Gasteiger partial charge in [-0.05, 0) is 79.0 Å². The first-order chi connectivity index (χ1) is 24.2. The van der Waals surface area contributed by atoms with E-state index in [0.29, 0.717) is 18.8 Å². The third kappa shape index (κ3) is 8.81. The summed E-state index contributed by atoms with van der Waals surface area (Å²) in [4.78, 5) is 29.9. The molecule has 0 bridgehead atoms. The van der Waals surface area contributed by atoms with E-state index in [4.69, 9.17) is 10.8 Å². The quantitative estimate of drug-likeness (QED) is 0.234. The summed E-state index contributed by atoms with van der Waals surface area (Å²) >= 11 is 0. The van der Waals surface area contributed by atoms with Crippen LogP contribution in [0.4, 0.5) is 0 Å². The smallest absolute Gasteiger partial charge is 0.243 e. The topological polar surface area (TPSA) is 79.0 Å². The molecule has 0 radical (unpaired) electrons. The second kappa shape index (κ2) is 16.6. The zero-order chi connectivity index (χ0) is 35.2. The molecule has 1 amide bonds. The SMILES string of the molecule is Cc1ccc2c(c1)C[C@@H](c1ccc(C(C)CC(=O)[C@@H](N)C(C)C)cc1)CC(=O)N(C1CCN(Cc3ccccc3)CC1)/N=C\2C1CCCCC1. The van der Waals surface area contributed by atoms with Crippen LogP contribution in [0.2, 0.25) is 0 Å². The van der Waals surface area contributed by atoms with Crippen molar-refractivity contribution in [3.05, 3.63) is 106 Å². The van der Waals surface area contributed by atoms with Crippen LogP contribution in [0.3, 0.4) is 0 Å². The Morgan fingerprint density at radius 1 is 0.860 bits per heavy atom. The number of likely N-dealkylation sites (tertiary alicyclic amines) is 1. The number of ketones is 1. The van der Waals surface area contributed by atoms with Gasteiger partial charge in [0.1, 0.15) is 5.78 Å². The molecule has 2 N–H and O–H groups in total. The van der Waals surface area contributed by atoms with Gasteiger partial charge in [-0.15, -0.1) is 0 Å². The van der Waals surface area contributed by atoms with Crippen molar-refractivity contribution >= 4 is 17.4 Å². The molecule has 1 saturated heterocycles. The van der Waals surface area contributed by atoms with E-state index < -0.39 is 6.04 Å². The highest BCUT2D eigenvalue weighted by atomic mass is 16.2. The molecule has 266 valence electrons. The third-order valence-corrected chi connectivity index (χ3v) is 11.6. The molecule has 1 saturated carbocycles. The van der Waals surface area contributed by atoms with Gasteiger partial charge in [0, 0.05) is 44.0 Å². The fourth-order valence-electron chi connectivity index (χ4n) is 8.40. The number of carbonyl (C=O) groups is 2. The molecule has 6 rings (SSSR count). The van der Waals surface area contributed by atoms with Gasteiger partial charge in [0.2, 0.25) is 5.91 Å². The van der Waals surface area contributed by atoms with Crippen molar-refractivity contribution in [3.63, 3.8) is 0 Å². The second-order valence-electron chi connectivity index (χ2n) is 15.8. The summed E-state index contributed by atoms with van der Waals surface area (Å²) in [5.41, 5.74) is 14.7. The molecule has 50 heavy (non-hydrogen) atoms. The lowest BCUT2D eigenvalue weighted by Gasteiger charge is -2.37. The highest BCUT2D eigenvalue weighted by Gasteiger charge is 2.34. The van der Waals surface area contributed by atoms with Gasteiger partial charge in [0.05, 0.1) is 17.8 Å². The Morgan fingerprint density at radius 2 is 1.56 bits per heavy atom. The number of hydrogen-bond donors (Lipinski definition) is 1. The normalized spacial score (nSPS) is 22.2. The van der Waals surface area contributed by atoms with E-state index in [2.05, 4.69) is 91.5 Å². The number of Topliss-reactive ketones (excluding diaryl/α,β-unsaturated/α-hetero) is 1. The van der Waals surface area contributed by atoms with Gasteiger partial charge in [-0.3, -0.25) is 14.5 Å². The molecular weight excluding hydrogens is 617 g/mol. The molecule has 3 aromatic rings. The van der Waals surface area contributed by atoms with Gasteiger partial charge in [-0.25, -0.2) is 5.01 Å². The number of benzene rings is 3. The Morgan fingerprint density at radius 3 is 2.24 bits per heavy atom. The zero-order valence-electron chi connectivity index (χ0n) is 30.8. The van der Waals surface area contributed by atoms with Crippen LogP contribution in [0.5, 0.6) is 0 Å². The number of rotatable bonds is 10. The molecule has 1 aliphatic carbocycles. The van der Waals surface area contributed by atoms with Crippen LogP contribution in [0.25, 0.3) is 0 Å². The maximum absolute atomic E-state index is 14.6. The van der Waals surface area contributed by atoms with Gasteiger partial charge in [-0.1, -0.05) is 118 Å². The van der Waals surface area contributed by atoms with Crippen LogP contribution in [0, 0.1) is 18.8 Å². The summed E-state index contributed by atoms with van der Waals surface area (Å²) in [6.07, 6.45) is 9.52. The number of hydrazone groups is 1. The van der Waals surface area contributed by atoms with Crippen molar-refractivity contribution in [2.75, 3.05) is 13.1 Å². The number of hydrogen-bond acceptors (Lipinski definition) is 5. The fourth-order valence-corrected chi connectivity index (χ4v) is 8.40. The molecule has 2 aliphatic heterocycles. The summed E-state index contributed by atoms with van der Waals surface area (Å²) in [7, 11) is 0. The van der Waals surface area contributed by atoms with Crippen LogP contribution in [-0.4, -0.2) is 52.5 Å². The lowest BCUT2D eigenvalue weighted by Crippen LogP contribution is -2.45. The average Bonchev–Trinajstić information content (AvgIpc) is 3.18. The predicted octanol–water partition coefficient (Wildman–Crippen LogP) is 8.55. The first-order valence-electron chi connectivity index (χ1n) is 19.3. The first-order valence-corrected chi connectivity index (χ1v) is 19.3. The van der Waals surface area contributed by atoms with Crippen molar-refractivity contribution in [3.8, 4) is 0 Å². The van der Waals surface area contributed by atoms with Crippen LogP contribution < -0.4 is 5.73 Å². The van der Waals surface area contributed by atoms with Gasteiger partial charge in [-0.2, -0.15) is 5.10 Å². The van der Waals surface area contributed by atoms with Crippen molar-refractivity contribution in [2.24, 2.45) is 22.7 Å². The van der Waals surface area contributed by atoms with Crippen molar-refractivity contribution in [1.29, 1.82) is 0 Å². The van der Waals surface area contributed by atoms with E-state index in [1.54, 1.807) is 0 Å². The van der Waals surface area contributed by atoms with E-state index in [-0.39, 0.29) is 35.5 Å². The number of nitrogens with two attached hydrogens (primary N) is 1. The van der Waals surface area contributed by atoms with Gasteiger partial charge < -0.3 is 5.73 Å². The second-order valence-corrected chi connectivity index (χ2v) is 15.8. The molecule has 6 nitrogen and oxygen atoms in total. The maximum Gasteiger partial charge on any atom is 0.243 e. The first kappa shape index (κ1) is 36.2. The molecule has 3 aliphatic rings. The Bertz CT molecular complexity index is 1620. The molecule has 6 heteroatoms. The summed E-state index contributed by atoms with van der Waals surface area (Å²) < 4.78 is 0. The minimum absolute atomic E-state index is 0.0324. The lowest BCUT2D eigenvalue weighted by atomic mass is 9.80. The van der Waals surface area contributed by atoms with Gasteiger partial charge >= 0.3 is 0 Å². The molecule has 2 heterocycles. The highest BCUT2D eigenvalue weighted by molar-refractivity contribution is 6.04. The van der Waals surface area contributed by atoms with Crippen LogP contribution in [0.15, 0.2) is 77.9 Å². The van der Waals surface area contributed by atoms with Crippen molar-refractivity contribution < 1.29 is 9.59 Å². The lowest BCUT2D eigenvalue weighted by molar-refractivity contribution is -0.135. The number of fused-ring (bicyclic) bond motifs is 1. The number of aryl methyl sites for hydroxylation is 1. The third-order valence-electron chi connectivity index (χ3n) is 11.6. The Balaban J connectivity index is 1.29. The number of amides is 1. The van der Waals surface area contributed by atoms with E-state index in [0.717, 1.165) is 63.0 Å². The summed E-state index contributed by atoms with van der Waals surface area (Å²) in [5.74, 6) is 0.882. The van der Waals surface area contributed by atoms with E-state index in [1.165, 1.54) is 47.1 Å². The minimum Gasteiger partial charge on any atom is -0.321 e. The van der Waals surface area contributed by atoms with Crippen LogP contribution >= 0.6 is 0 Å². The summed E-state index contributed by atoms with van der Waals surface area (Å²) in [5, 5.41) is 7.41. The summed E-state index contributed by atoms with van der Waals surface area (Å²) in [6, 6.07) is 25.9. The Kier molecular flexibility index (Phi) is 12.0. The molecule has 0 aromatic heterocycles. The minimum atomic E-state index is -0.426. The molecular formula is C44H58N4O2. The Hall–Kier alpha value is -3.61. The monoisotopic (exact) mass is 674 g/mol. The van der Waals surface area contributed by atoms with Gasteiger partial charge in [0.25, 0.3) is 0 Å². The van der Waals surface area contributed by atoms with Crippen molar-refractivity contribution in [1.82, 2.24) is 9.91 Å². The maximum atomic E-state index is 14.6. The number of nitrogens with zero attached hydrogens (tertiary/aromatic N) is 3. The standard InChI is InChI=1S/C44H58N4O2/c1-30(2)43(45)41(49)26-32(4)34-16-18-35(19-17-34)37-27-38-25-31(3)15-20-40(38)44(36-13-9-6-10-14-36)46-48(42(50)28-37)39-21-23-47(24-22-39)29-33-11-7-5-8-12-33/h5,7-8,11-12,15-20,25,30,32,36-37,39,43H,6,9-10,13-14,21-24,26-29,45H2,1-4H3/b46-44-/t32?,37-,43+/m1/s1. The largest absolute Gasteiger partial charge is 0.321 e. The molecule has 3 aromatic carbocycles. The molecule has 2 fully saturated rings. The van der Waals surface area contributed by atoms with E-state index in [1.807, 2.05) is 18.9 Å². The fraction of sp³-hybridized carbons (Fsp3) is 0.523. The zero-order valence-corrected chi connectivity index (χ0v) is 30.8. The Labute approximate surface area is 300 Å². The number of piperidine rings is 1. The predicted molar refractivity (Wildman–Crippen MR) is 204 cm³/mol. The van der Waals surface area contributed by atoms with E-state index >= 15 is 0 Å². The number of carbonyl (C=O) groups excluding carboxylic acids is 2. The van der Waals surface area contributed by atoms with E-state index in [9.17, 15) is 9.59 Å². The average molecular weight is 675 g/mol. The summed E-state index contributed by atoms with van der Waals surface area (Å²) in [6.45, 7) is 11.1. The van der Waals surface area contributed by atoms with Gasteiger partial charge in [0.15, 0.2) is 0 Å². The van der Waals surface area contributed by atoms with Crippen molar-refractivity contribution in [2.45, 2.75) is 122 Å².